The topological polar surface area (TPSA) is 37.8 Å². The molecule has 1 aromatic carbocycles. The van der Waals surface area contributed by atoms with Crippen LogP contribution in [0.25, 0.3) is 0 Å². The number of hydrogen-bond acceptors (Lipinski definition) is 3. The quantitative estimate of drug-likeness (QED) is 0.873. The van der Waals surface area contributed by atoms with Gasteiger partial charge in [0.1, 0.15) is 5.15 Å². The maximum Gasteiger partial charge on any atom is 0.150 e. The van der Waals surface area contributed by atoms with Gasteiger partial charge in [0.15, 0.2) is 5.82 Å². The van der Waals surface area contributed by atoms with E-state index in [0.717, 1.165) is 15.7 Å². The minimum Gasteiger partial charge on any atom is -0.338 e. The molecule has 1 heterocycles. The molecular formula is C11H8BrCl2N3. The minimum absolute atomic E-state index is 0.337. The lowest BCUT2D eigenvalue weighted by atomic mass is 10.2. The van der Waals surface area contributed by atoms with Crippen molar-refractivity contribution in [3.8, 4) is 0 Å². The van der Waals surface area contributed by atoms with Crippen LogP contribution in [-0.2, 0) is 0 Å². The van der Waals surface area contributed by atoms with Gasteiger partial charge in [0.25, 0.3) is 0 Å². The highest BCUT2D eigenvalue weighted by Crippen LogP contribution is 2.30. The lowest BCUT2D eigenvalue weighted by Crippen LogP contribution is -1.96. The van der Waals surface area contributed by atoms with Crippen molar-refractivity contribution < 1.29 is 0 Å². The lowest BCUT2D eigenvalue weighted by molar-refractivity contribution is 1.20. The van der Waals surface area contributed by atoms with Gasteiger partial charge < -0.3 is 5.32 Å². The molecule has 0 bridgehead atoms. The van der Waals surface area contributed by atoms with Crippen molar-refractivity contribution in [1.82, 2.24) is 9.97 Å². The Labute approximate surface area is 117 Å². The number of aromatic nitrogens is 2. The van der Waals surface area contributed by atoms with Gasteiger partial charge in [-0.15, -0.1) is 0 Å². The van der Waals surface area contributed by atoms with Crippen LogP contribution in [0.4, 0.5) is 11.5 Å². The van der Waals surface area contributed by atoms with Crippen molar-refractivity contribution in [2.45, 2.75) is 6.92 Å². The fourth-order valence-corrected chi connectivity index (χ4v) is 2.15. The van der Waals surface area contributed by atoms with E-state index in [1.54, 1.807) is 6.20 Å². The van der Waals surface area contributed by atoms with E-state index < -0.39 is 0 Å². The van der Waals surface area contributed by atoms with Gasteiger partial charge in [0.05, 0.1) is 18.1 Å². The predicted molar refractivity (Wildman–Crippen MR) is 74.2 cm³/mol. The van der Waals surface area contributed by atoms with Gasteiger partial charge in [-0.3, -0.25) is 4.98 Å². The van der Waals surface area contributed by atoms with Crippen molar-refractivity contribution in [1.29, 1.82) is 0 Å². The van der Waals surface area contributed by atoms with Crippen molar-refractivity contribution in [2.75, 3.05) is 5.32 Å². The molecule has 1 aromatic heterocycles. The lowest BCUT2D eigenvalue weighted by Gasteiger charge is -2.09. The van der Waals surface area contributed by atoms with E-state index in [1.807, 2.05) is 19.1 Å². The first-order valence-electron chi connectivity index (χ1n) is 4.76. The van der Waals surface area contributed by atoms with E-state index in [0.29, 0.717) is 16.0 Å². The number of anilines is 2. The second-order valence-electron chi connectivity index (χ2n) is 3.43. The molecule has 88 valence electrons. The van der Waals surface area contributed by atoms with Crippen LogP contribution in [0.1, 0.15) is 5.56 Å². The van der Waals surface area contributed by atoms with Crippen LogP contribution in [-0.4, -0.2) is 9.97 Å². The summed E-state index contributed by atoms with van der Waals surface area (Å²) in [4.78, 5) is 8.03. The predicted octanol–water partition coefficient (Wildman–Crippen LogP) is 4.60. The molecular weight excluding hydrogens is 325 g/mol. The van der Waals surface area contributed by atoms with E-state index in [-0.39, 0.29) is 0 Å². The van der Waals surface area contributed by atoms with Gasteiger partial charge in [-0.05, 0) is 40.5 Å². The van der Waals surface area contributed by atoms with Crippen LogP contribution in [0.2, 0.25) is 10.2 Å². The van der Waals surface area contributed by atoms with Gasteiger partial charge in [0.2, 0.25) is 0 Å². The maximum absolute atomic E-state index is 6.06. The van der Waals surface area contributed by atoms with Gasteiger partial charge in [-0.25, -0.2) is 4.98 Å². The van der Waals surface area contributed by atoms with E-state index in [2.05, 4.69) is 31.2 Å². The van der Waals surface area contributed by atoms with Gasteiger partial charge in [0, 0.05) is 9.50 Å². The number of aryl methyl sites for hydroxylation is 1. The second kappa shape index (κ2) is 5.21. The Morgan fingerprint density at radius 1 is 1.24 bits per heavy atom. The van der Waals surface area contributed by atoms with Crippen molar-refractivity contribution in [3.63, 3.8) is 0 Å². The number of nitrogens with one attached hydrogen (secondary N) is 1. The summed E-state index contributed by atoms with van der Waals surface area (Å²) in [6.45, 7) is 1.94. The normalized spacial score (nSPS) is 10.4. The fraction of sp³-hybridized carbons (Fsp3) is 0.0909. The summed E-state index contributed by atoms with van der Waals surface area (Å²) >= 11 is 15.3. The van der Waals surface area contributed by atoms with Crippen molar-refractivity contribution in [3.05, 3.63) is 44.7 Å². The smallest absolute Gasteiger partial charge is 0.150 e. The third-order valence-corrected chi connectivity index (χ3v) is 3.36. The first-order valence-corrected chi connectivity index (χ1v) is 6.31. The molecule has 0 saturated heterocycles. The summed E-state index contributed by atoms with van der Waals surface area (Å²) in [7, 11) is 0. The van der Waals surface area contributed by atoms with Gasteiger partial charge in [-0.1, -0.05) is 23.2 Å². The molecule has 2 rings (SSSR count). The summed E-state index contributed by atoms with van der Waals surface area (Å²) in [6.07, 6.45) is 3.07. The molecule has 0 fully saturated rings. The molecule has 2 aromatic rings. The Bertz CT molecular complexity index is 560. The molecule has 6 heteroatoms. The highest BCUT2D eigenvalue weighted by atomic mass is 79.9. The molecule has 0 unspecified atom stereocenters. The van der Waals surface area contributed by atoms with Crippen LogP contribution in [0.5, 0.6) is 0 Å². The minimum atomic E-state index is 0.337. The van der Waals surface area contributed by atoms with Crippen LogP contribution < -0.4 is 5.32 Å². The molecule has 3 nitrogen and oxygen atoms in total. The van der Waals surface area contributed by atoms with E-state index in [9.17, 15) is 0 Å². The van der Waals surface area contributed by atoms with Gasteiger partial charge in [-0.2, -0.15) is 0 Å². The number of hydrogen-bond donors (Lipinski definition) is 1. The number of benzene rings is 1. The fourth-order valence-electron chi connectivity index (χ4n) is 1.28. The number of halogens is 3. The second-order valence-corrected chi connectivity index (χ2v) is 5.08. The number of rotatable bonds is 2. The first-order chi connectivity index (χ1) is 8.06. The molecule has 0 saturated carbocycles. The molecule has 0 aliphatic rings. The monoisotopic (exact) mass is 331 g/mol. The van der Waals surface area contributed by atoms with Gasteiger partial charge >= 0.3 is 0 Å². The largest absolute Gasteiger partial charge is 0.338 e. The molecule has 17 heavy (non-hydrogen) atoms. The molecule has 0 atom stereocenters. The zero-order chi connectivity index (χ0) is 12.4. The van der Waals surface area contributed by atoms with Crippen molar-refractivity contribution >= 4 is 50.6 Å². The van der Waals surface area contributed by atoms with Crippen LogP contribution >= 0.6 is 39.1 Å². The van der Waals surface area contributed by atoms with Crippen LogP contribution in [0, 0.1) is 6.92 Å². The van der Waals surface area contributed by atoms with Crippen LogP contribution in [0.15, 0.2) is 29.0 Å². The molecule has 1 N–H and O–H groups in total. The number of nitrogens with zero attached hydrogens (tertiary/aromatic N) is 2. The van der Waals surface area contributed by atoms with Crippen LogP contribution in [0.3, 0.4) is 0 Å². The Kier molecular flexibility index (Phi) is 3.86. The average Bonchev–Trinajstić information content (AvgIpc) is 2.26. The van der Waals surface area contributed by atoms with Crippen molar-refractivity contribution in [2.24, 2.45) is 0 Å². The summed E-state index contributed by atoms with van der Waals surface area (Å²) in [5, 5.41) is 4.11. The van der Waals surface area contributed by atoms with E-state index in [4.69, 9.17) is 23.2 Å². The molecule has 0 radical (unpaired) electrons. The maximum atomic E-state index is 6.06. The third-order valence-electron chi connectivity index (χ3n) is 2.12. The SMILES string of the molecule is Cc1cc(Br)c(Nc2cncc(Cl)n2)cc1Cl. The summed E-state index contributed by atoms with van der Waals surface area (Å²) in [6, 6.07) is 3.76. The zero-order valence-electron chi connectivity index (χ0n) is 8.84. The van der Waals surface area contributed by atoms with E-state index in [1.165, 1.54) is 6.20 Å². The molecule has 0 aliphatic carbocycles. The Morgan fingerprint density at radius 2 is 2.00 bits per heavy atom. The highest BCUT2D eigenvalue weighted by molar-refractivity contribution is 9.10. The average molecular weight is 333 g/mol. The Balaban J connectivity index is 2.33. The zero-order valence-corrected chi connectivity index (χ0v) is 11.9. The summed E-state index contributed by atoms with van der Waals surface area (Å²) < 4.78 is 0.904. The Hall–Kier alpha value is -0.840. The third kappa shape index (κ3) is 3.09. The summed E-state index contributed by atoms with van der Waals surface area (Å²) in [5.41, 5.74) is 1.82. The summed E-state index contributed by atoms with van der Waals surface area (Å²) in [5.74, 6) is 0.568. The standard InChI is InChI=1S/C11H8BrCl2N3/c1-6-2-7(12)9(3-8(6)13)16-11-5-15-4-10(14)17-11/h2-5H,1H3,(H,16,17). The Morgan fingerprint density at radius 3 is 2.71 bits per heavy atom. The molecule has 0 spiro atoms. The van der Waals surface area contributed by atoms with E-state index >= 15 is 0 Å². The first kappa shape index (κ1) is 12.6. The molecule has 0 amide bonds. The molecule has 0 aliphatic heterocycles. The highest BCUT2D eigenvalue weighted by Gasteiger charge is 2.05.